The second-order valence-electron chi connectivity index (χ2n) is 5.71. The number of thiazole rings is 1. The molecule has 0 aliphatic heterocycles. The molecule has 0 aliphatic carbocycles. The summed E-state index contributed by atoms with van der Waals surface area (Å²) in [6, 6.07) is 0. The fraction of sp³-hybridized carbons (Fsp3) is 0.750. The van der Waals surface area contributed by atoms with E-state index in [1.54, 1.807) is 11.3 Å². The molecule has 4 nitrogen and oxygen atoms in total. The Morgan fingerprint density at radius 1 is 1.32 bits per heavy atom. The Labute approximate surface area is 156 Å². The van der Waals surface area contributed by atoms with Crippen LogP contribution >= 0.6 is 35.3 Å². The maximum absolute atomic E-state index is 4.62. The van der Waals surface area contributed by atoms with Crippen LogP contribution in [0.1, 0.15) is 50.7 Å². The summed E-state index contributed by atoms with van der Waals surface area (Å²) in [6.07, 6.45) is 4.51. The smallest absolute Gasteiger partial charge is 0.191 e. The van der Waals surface area contributed by atoms with Crippen LogP contribution in [0.4, 0.5) is 0 Å². The minimum absolute atomic E-state index is 0. The lowest BCUT2D eigenvalue weighted by Crippen LogP contribution is -2.38. The standard InChI is InChI=1S/C16H30N4S.HI/c1-5-17-16(19-11-9-13(2)3)18-10-7-6-8-15-20-14(4)12-21-15;/h12-13H,5-11H2,1-4H3,(H2,17,18,19);1H. The highest BCUT2D eigenvalue weighted by Crippen LogP contribution is 2.11. The number of guanidine groups is 1. The van der Waals surface area contributed by atoms with Crippen LogP contribution in [-0.2, 0) is 6.42 Å². The fourth-order valence-electron chi connectivity index (χ4n) is 1.92. The zero-order valence-corrected chi connectivity index (χ0v) is 17.5. The second-order valence-corrected chi connectivity index (χ2v) is 6.65. The number of rotatable bonds is 9. The predicted molar refractivity (Wildman–Crippen MR) is 109 cm³/mol. The van der Waals surface area contributed by atoms with Gasteiger partial charge in [-0.2, -0.15) is 0 Å². The van der Waals surface area contributed by atoms with E-state index < -0.39 is 0 Å². The van der Waals surface area contributed by atoms with Gasteiger partial charge in [-0.3, -0.25) is 4.99 Å². The summed E-state index contributed by atoms with van der Waals surface area (Å²) >= 11 is 1.76. The zero-order valence-electron chi connectivity index (χ0n) is 14.3. The molecule has 1 heterocycles. The number of aliphatic imine (C=N–C) groups is 1. The third kappa shape index (κ3) is 10.4. The summed E-state index contributed by atoms with van der Waals surface area (Å²) in [5, 5.41) is 10.1. The summed E-state index contributed by atoms with van der Waals surface area (Å²) in [5.41, 5.74) is 1.14. The molecule has 22 heavy (non-hydrogen) atoms. The molecule has 0 unspecified atom stereocenters. The Kier molecular flexibility index (Phi) is 12.9. The van der Waals surface area contributed by atoms with E-state index in [9.17, 15) is 0 Å². The van der Waals surface area contributed by atoms with Gasteiger partial charge in [0.1, 0.15) is 0 Å². The van der Waals surface area contributed by atoms with Crippen LogP contribution in [0.3, 0.4) is 0 Å². The van der Waals surface area contributed by atoms with Crippen LogP contribution in [0.5, 0.6) is 0 Å². The molecule has 0 fully saturated rings. The van der Waals surface area contributed by atoms with Crippen molar-refractivity contribution in [2.75, 3.05) is 19.6 Å². The van der Waals surface area contributed by atoms with Gasteiger partial charge in [-0.05, 0) is 45.4 Å². The summed E-state index contributed by atoms with van der Waals surface area (Å²) in [6.45, 7) is 11.4. The van der Waals surface area contributed by atoms with Crippen LogP contribution in [0.15, 0.2) is 10.4 Å². The van der Waals surface area contributed by atoms with Gasteiger partial charge in [0.15, 0.2) is 5.96 Å². The molecular weight excluding hydrogens is 407 g/mol. The number of nitrogens with zero attached hydrogens (tertiary/aromatic N) is 2. The van der Waals surface area contributed by atoms with Gasteiger partial charge in [-0.15, -0.1) is 35.3 Å². The van der Waals surface area contributed by atoms with E-state index in [0.717, 1.165) is 56.5 Å². The van der Waals surface area contributed by atoms with Gasteiger partial charge < -0.3 is 10.6 Å². The van der Waals surface area contributed by atoms with Gasteiger partial charge >= 0.3 is 0 Å². The maximum atomic E-state index is 4.62. The fourth-order valence-corrected chi connectivity index (χ4v) is 2.74. The normalized spacial score (nSPS) is 11.4. The Morgan fingerprint density at radius 2 is 2.09 bits per heavy atom. The van der Waals surface area contributed by atoms with Gasteiger partial charge in [-0.25, -0.2) is 4.98 Å². The molecule has 0 radical (unpaired) electrons. The first-order valence-electron chi connectivity index (χ1n) is 8.05. The molecule has 0 aromatic carbocycles. The molecule has 2 N–H and O–H groups in total. The summed E-state index contributed by atoms with van der Waals surface area (Å²) < 4.78 is 0. The third-order valence-corrected chi connectivity index (χ3v) is 4.12. The van der Waals surface area contributed by atoms with E-state index in [1.165, 1.54) is 11.4 Å². The number of nitrogens with one attached hydrogen (secondary N) is 2. The largest absolute Gasteiger partial charge is 0.357 e. The molecule has 1 rings (SSSR count). The van der Waals surface area contributed by atoms with Crippen LogP contribution in [-0.4, -0.2) is 30.6 Å². The van der Waals surface area contributed by atoms with Crippen molar-refractivity contribution < 1.29 is 0 Å². The molecule has 0 saturated carbocycles. The lowest BCUT2D eigenvalue weighted by Gasteiger charge is -2.12. The van der Waals surface area contributed by atoms with Crippen molar-refractivity contribution in [3.05, 3.63) is 16.1 Å². The average molecular weight is 438 g/mol. The molecule has 0 saturated heterocycles. The number of unbranched alkanes of at least 4 members (excludes halogenated alkanes) is 1. The van der Waals surface area contributed by atoms with Gasteiger partial charge in [0.2, 0.25) is 0 Å². The highest BCUT2D eigenvalue weighted by atomic mass is 127. The lowest BCUT2D eigenvalue weighted by atomic mass is 10.1. The van der Waals surface area contributed by atoms with Crippen molar-refractivity contribution in [1.29, 1.82) is 0 Å². The van der Waals surface area contributed by atoms with E-state index in [2.05, 4.69) is 53.7 Å². The van der Waals surface area contributed by atoms with Crippen LogP contribution in [0.2, 0.25) is 0 Å². The Bertz CT molecular complexity index is 418. The number of hydrogen-bond acceptors (Lipinski definition) is 3. The second kappa shape index (κ2) is 13.1. The van der Waals surface area contributed by atoms with E-state index in [1.807, 2.05) is 0 Å². The number of halogens is 1. The first-order chi connectivity index (χ1) is 10.1. The van der Waals surface area contributed by atoms with E-state index >= 15 is 0 Å². The van der Waals surface area contributed by atoms with E-state index in [4.69, 9.17) is 0 Å². The van der Waals surface area contributed by atoms with Crippen LogP contribution in [0, 0.1) is 12.8 Å². The van der Waals surface area contributed by atoms with Crippen molar-refractivity contribution in [2.24, 2.45) is 10.9 Å². The first kappa shape index (κ1) is 21.6. The molecule has 128 valence electrons. The highest BCUT2D eigenvalue weighted by Gasteiger charge is 2.00. The Hall–Kier alpha value is -0.370. The van der Waals surface area contributed by atoms with Gasteiger partial charge in [0.25, 0.3) is 0 Å². The molecular formula is C16H31IN4S. The monoisotopic (exact) mass is 438 g/mol. The number of aryl methyl sites for hydroxylation is 2. The van der Waals surface area contributed by atoms with E-state index in [0.29, 0.717) is 0 Å². The van der Waals surface area contributed by atoms with Crippen molar-refractivity contribution in [2.45, 2.75) is 53.4 Å². The number of hydrogen-bond donors (Lipinski definition) is 2. The molecule has 0 spiro atoms. The van der Waals surface area contributed by atoms with Crippen molar-refractivity contribution in [3.8, 4) is 0 Å². The van der Waals surface area contributed by atoms with E-state index in [-0.39, 0.29) is 24.0 Å². The average Bonchev–Trinajstić information content (AvgIpc) is 2.83. The molecule has 0 aliphatic rings. The first-order valence-corrected chi connectivity index (χ1v) is 8.93. The Balaban J connectivity index is 0.00000441. The molecule has 1 aromatic rings. The number of aromatic nitrogens is 1. The summed E-state index contributed by atoms with van der Waals surface area (Å²) in [4.78, 5) is 9.11. The quantitative estimate of drug-likeness (QED) is 0.265. The molecule has 6 heteroatoms. The topological polar surface area (TPSA) is 49.3 Å². The molecule has 0 amide bonds. The third-order valence-electron chi connectivity index (χ3n) is 3.09. The van der Waals surface area contributed by atoms with Gasteiger partial charge in [0.05, 0.1) is 5.01 Å². The van der Waals surface area contributed by atoms with Crippen molar-refractivity contribution in [3.63, 3.8) is 0 Å². The highest BCUT2D eigenvalue weighted by molar-refractivity contribution is 14.0. The Morgan fingerprint density at radius 3 is 2.68 bits per heavy atom. The predicted octanol–water partition coefficient (Wildman–Crippen LogP) is 3.99. The van der Waals surface area contributed by atoms with Gasteiger partial charge in [0, 0.05) is 30.7 Å². The summed E-state index contributed by atoms with van der Waals surface area (Å²) in [7, 11) is 0. The zero-order chi connectivity index (χ0) is 15.5. The minimum Gasteiger partial charge on any atom is -0.357 e. The molecule has 0 bridgehead atoms. The van der Waals surface area contributed by atoms with Crippen LogP contribution in [0.25, 0.3) is 0 Å². The van der Waals surface area contributed by atoms with Crippen LogP contribution < -0.4 is 10.6 Å². The molecule has 0 atom stereocenters. The maximum Gasteiger partial charge on any atom is 0.191 e. The lowest BCUT2D eigenvalue weighted by molar-refractivity contribution is 0.573. The van der Waals surface area contributed by atoms with Gasteiger partial charge in [-0.1, -0.05) is 13.8 Å². The minimum atomic E-state index is 0. The summed E-state index contributed by atoms with van der Waals surface area (Å²) in [5.74, 6) is 1.67. The molecule has 1 aromatic heterocycles. The SMILES string of the molecule is CCNC(=NCCCCc1nc(C)cs1)NCCC(C)C.I. The van der Waals surface area contributed by atoms with Crippen molar-refractivity contribution >= 4 is 41.3 Å². The van der Waals surface area contributed by atoms with Crippen molar-refractivity contribution in [1.82, 2.24) is 15.6 Å².